The minimum atomic E-state index is -0.567. The van der Waals surface area contributed by atoms with Gasteiger partial charge in [-0.05, 0) is 54.3 Å². The van der Waals surface area contributed by atoms with Gasteiger partial charge in [0.2, 0.25) is 12.7 Å². The van der Waals surface area contributed by atoms with Crippen LogP contribution in [0.15, 0.2) is 66.7 Å². The molecule has 1 fully saturated rings. The molecule has 0 unspecified atom stereocenters. The van der Waals surface area contributed by atoms with Gasteiger partial charge in [-0.3, -0.25) is 4.79 Å². The lowest BCUT2D eigenvalue weighted by Gasteiger charge is -2.17. The average Bonchev–Trinajstić information content (AvgIpc) is 3.41. The summed E-state index contributed by atoms with van der Waals surface area (Å²) in [4.78, 5) is 13.1. The lowest BCUT2D eigenvalue weighted by molar-refractivity contribution is -0.118. The van der Waals surface area contributed by atoms with E-state index in [2.05, 4.69) is 5.32 Å². The van der Waals surface area contributed by atoms with Crippen molar-refractivity contribution in [2.75, 3.05) is 12.1 Å². The van der Waals surface area contributed by atoms with Crippen LogP contribution in [-0.2, 0) is 10.2 Å². The molecule has 0 spiro atoms. The van der Waals surface area contributed by atoms with Crippen molar-refractivity contribution in [2.24, 2.45) is 0 Å². The van der Waals surface area contributed by atoms with Gasteiger partial charge in [0.1, 0.15) is 5.82 Å². The van der Waals surface area contributed by atoms with Crippen LogP contribution in [0.2, 0.25) is 0 Å². The molecule has 0 aromatic heterocycles. The van der Waals surface area contributed by atoms with E-state index in [4.69, 9.17) is 9.47 Å². The Morgan fingerprint density at radius 1 is 0.929 bits per heavy atom. The molecular weight excluding hydrogens is 357 g/mol. The predicted molar refractivity (Wildman–Crippen MR) is 104 cm³/mol. The molecule has 140 valence electrons. The van der Waals surface area contributed by atoms with Gasteiger partial charge in [0, 0.05) is 11.3 Å². The van der Waals surface area contributed by atoms with Gasteiger partial charge in [-0.15, -0.1) is 0 Å². The standard InChI is InChI=1S/C23H18FNO3/c24-19-8-7-17(13-18(19)15-4-2-1-3-5-15)25-22(26)23(10-11-23)16-6-9-20-21(12-16)28-14-27-20/h1-9,12-13H,10-11,14H2,(H,25,26). The topological polar surface area (TPSA) is 47.6 Å². The third-order valence-corrected chi connectivity index (χ3v) is 5.42. The highest BCUT2D eigenvalue weighted by Gasteiger charge is 2.51. The van der Waals surface area contributed by atoms with Gasteiger partial charge in [0.05, 0.1) is 5.41 Å². The first-order valence-corrected chi connectivity index (χ1v) is 9.22. The summed E-state index contributed by atoms with van der Waals surface area (Å²) in [5.74, 6) is 0.966. The van der Waals surface area contributed by atoms with Gasteiger partial charge in [0.25, 0.3) is 0 Å². The first kappa shape index (κ1) is 16.8. The molecule has 2 aliphatic rings. The number of hydrogen-bond acceptors (Lipinski definition) is 3. The number of rotatable bonds is 4. The Kier molecular flexibility index (Phi) is 3.83. The second kappa shape index (κ2) is 6.37. The number of fused-ring (bicyclic) bond motifs is 1. The van der Waals surface area contributed by atoms with Crippen LogP contribution in [0, 0.1) is 5.82 Å². The summed E-state index contributed by atoms with van der Waals surface area (Å²) in [7, 11) is 0. The van der Waals surface area contributed by atoms with E-state index in [0.29, 0.717) is 22.7 Å². The van der Waals surface area contributed by atoms with Gasteiger partial charge in [-0.1, -0.05) is 36.4 Å². The molecule has 3 aromatic carbocycles. The highest BCUT2D eigenvalue weighted by atomic mass is 19.1. The van der Waals surface area contributed by atoms with Crippen LogP contribution in [0.1, 0.15) is 18.4 Å². The summed E-state index contributed by atoms with van der Waals surface area (Å²) in [5.41, 5.74) is 2.17. The fraction of sp³-hybridized carbons (Fsp3) is 0.174. The van der Waals surface area contributed by atoms with E-state index in [1.54, 1.807) is 12.1 Å². The summed E-state index contributed by atoms with van der Waals surface area (Å²) in [6, 6.07) is 19.6. The minimum Gasteiger partial charge on any atom is -0.454 e. The van der Waals surface area contributed by atoms with Crippen molar-refractivity contribution in [1.29, 1.82) is 0 Å². The third kappa shape index (κ3) is 2.80. The number of halogens is 1. The molecule has 1 amide bonds. The predicted octanol–water partition coefficient (Wildman–Crippen LogP) is 4.89. The van der Waals surface area contributed by atoms with E-state index < -0.39 is 5.41 Å². The van der Waals surface area contributed by atoms with E-state index in [0.717, 1.165) is 24.0 Å². The van der Waals surface area contributed by atoms with Gasteiger partial charge in [-0.25, -0.2) is 4.39 Å². The number of anilines is 1. The molecule has 28 heavy (non-hydrogen) atoms. The van der Waals surface area contributed by atoms with Crippen molar-refractivity contribution in [3.63, 3.8) is 0 Å². The molecule has 1 N–H and O–H groups in total. The van der Waals surface area contributed by atoms with Crippen LogP contribution in [0.4, 0.5) is 10.1 Å². The molecule has 0 atom stereocenters. The molecule has 0 saturated heterocycles. The maximum atomic E-state index is 14.3. The molecular formula is C23H18FNO3. The summed E-state index contributed by atoms with van der Waals surface area (Å²) in [5, 5.41) is 2.97. The van der Waals surface area contributed by atoms with Crippen molar-refractivity contribution in [2.45, 2.75) is 18.3 Å². The van der Waals surface area contributed by atoms with Crippen molar-refractivity contribution >= 4 is 11.6 Å². The van der Waals surface area contributed by atoms with Crippen LogP contribution in [-0.4, -0.2) is 12.7 Å². The summed E-state index contributed by atoms with van der Waals surface area (Å²) in [6.07, 6.45) is 1.54. The first-order chi connectivity index (χ1) is 13.7. The van der Waals surface area contributed by atoms with Gasteiger partial charge in [0.15, 0.2) is 11.5 Å². The molecule has 1 aliphatic carbocycles. The number of benzene rings is 3. The lowest BCUT2D eigenvalue weighted by Crippen LogP contribution is -2.27. The van der Waals surface area contributed by atoms with Crippen molar-refractivity contribution in [3.8, 4) is 22.6 Å². The molecule has 5 heteroatoms. The van der Waals surface area contributed by atoms with Gasteiger partial charge >= 0.3 is 0 Å². The van der Waals surface area contributed by atoms with Crippen molar-refractivity contribution in [1.82, 2.24) is 0 Å². The minimum absolute atomic E-state index is 0.0861. The summed E-state index contributed by atoms with van der Waals surface area (Å²) in [6.45, 7) is 0.204. The van der Waals surface area contributed by atoms with Crippen molar-refractivity contribution < 1.29 is 18.7 Å². The Hall–Kier alpha value is -3.34. The molecule has 5 rings (SSSR count). The lowest BCUT2D eigenvalue weighted by atomic mass is 9.94. The highest BCUT2D eigenvalue weighted by molar-refractivity contribution is 6.01. The van der Waals surface area contributed by atoms with E-state index in [-0.39, 0.29) is 18.5 Å². The normalized spacial score (nSPS) is 15.9. The number of amides is 1. The first-order valence-electron chi connectivity index (χ1n) is 9.22. The SMILES string of the molecule is O=C(Nc1ccc(F)c(-c2ccccc2)c1)C1(c2ccc3c(c2)OCO3)CC1. The highest BCUT2D eigenvalue weighted by Crippen LogP contribution is 2.51. The zero-order chi connectivity index (χ0) is 19.1. The molecule has 4 nitrogen and oxygen atoms in total. The number of carbonyl (C=O) groups is 1. The molecule has 0 bridgehead atoms. The molecule has 3 aromatic rings. The van der Waals surface area contributed by atoms with Gasteiger partial charge in [-0.2, -0.15) is 0 Å². The van der Waals surface area contributed by atoms with E-state index >= 15 is 0 Å². The van der Waals surface area contributed by atoms with Gasteiger partial charge < -0.3 is 14.8 Å². The smallest absolute Gasteiger partial charge is 0.235 e. The number of nitrogens with one attached hydrogen (secondary N) is 1. The maximum absolute atomic E-state index is 14.3. The molecule has 0 radical (unpaired) electrons. The Labute approximate surface area is 161 Å². The molecule has 1 heterocycles. The van der Waals surface area contributed by atoms with Crippen LogP contribution in [0.3, 0.4) is 0 Å². The second-order valence-corrected chi connectivity index (χ2v) is 7.16. The van der Waals surface area contributed by atoms with E-state index in [1.807, 2.05) is 48.5 Å². The fourth-order valence-electron chi connectivity index (χ4n) is 3.66. The summed E-state index contributed by atoms with van der Waals surface area (Å²) < 4.78 is 25.1. The Morgan fingerprint density at radius 3 is 2.50 bits per heavy atom. The van der Waals surface area contributed by atoms with Crippen molar-refractivity contribution in [3.05, 3.63) is 78.1 Å². The van der Waals surface area contributed by atoms with Crippen LogP contribution in [0.25, 0.3) is 11.1 Å². The fourth-order valence-corrected chi connectivity index (χ4v) is 3.66. The Morgan fingerprint density at radius 2 is 1.71 bits per heavy atom. The monoisotopic (exact) mass is 375 g/mol. The van der Waals surface area contributed by atoms with Crippen LogP contribution < -0.4 is 14.8 Å². The summed E-state index contributed by atoms with van der Waals surface area (Å²) >= 11 is 0. The average molecular weight is 375 g/mol. The number of hydrogen-bond donors (Lipinski definition) is 1. The Balaban J connectivity index is 1.41. The van der Waals surface area contributed by atoms with E-state index in [1.165, 1.54) is 6.07 Å². The second-order valence-electron chi connectivity index (χ2n) is 7.16. The third-order valence-electron chi connectivity index (χ3n) is 5.42. The van der Waals surface area contributed by atoms with E-state index in [9.17, 15) is 9.18 Å². The molecule has 1 saturated carbocycles. The zero-order valence-corrected chi connectivity index (χ0v) is 15.1. The van der Waals surface area contributed by atoms with Crippen LogP contribution in [0.5, 0.6) is 11.5 Å². The Bertz CT molecular complexity index is 1060. The zero-order valence-electron chi connectivity index (χ0n) is 15.1. The quantitative estimate of drug-likeness (QED) is 0.706. The van der Waals surface area contributed by atoms with Crippen LogP contribution >= 0.6 is 0 Å². The largest absolute Gasteiger partial charge is 0.454 e. The molecule has 1 aliphatic heterocycles. The maximum Gasteiger partial charge on any atom is 0.235 e. The number of carbonyl (C=O) groups excluding carboxylic acids is 1. The number of ether oxygens (including phenoxy) is 2.